The first kappa shape index (κ1) is 18.9. The molecule has 1 atom stereocenters. The Hall–Kier alpha value is -3.40. The normalized spacial score (nSPS) is 13.3. The summed E-state index contributed by atoms with van der Waals surface area (Å²) < 4.78 is 5.05. The lowest BCUT2D eigenvalue weighted by Crippen LogP contribution is -2.30. The van der Waals surface area contributed by atoms with Gasteiger partial charge >= 0.3 is 5.97 Å². The van der Waals surface area contributed by atoms with E-state index in [-0.39, 0.29) is 5.97 Å². The van der Waals surface area contributed by atoms with E-state index in [0.29, 0.717) is 6.42 Å². The Bertz CT molecular complexity index is 1010. The van der Waals surface area contributed by atoms with E-state index in [1.54, 1.807) is 0 Å². The molecule has 29 heavy (non-hydrogen) atoms. The zero-order valence-corrected chi connectivity index (χ0v) is 16.5. The minimum absolute atomic E-state index is 0.254. The zero-order chi connectivity index (χ0) is 20.1. The number of carbonyl (C=O) groups is 1. The van der Waals surface area contributed by atoms with Gasteiger partial charge < -0.3 is 10.1 Å². The van der Waals surface area contributed by atoms with Crippen molar-refractivity contribution in [2.75, 3.05) is 12.4 Å². The number of pyridine rings is 1. The van der Waals surface area contributed by atoms with Gasteiger partial charge in [0.05, 0.1) is 7.11 Å². The standard InChI is InChI=1S/C25H24N2O2/c1-29-25(28)24(17-21-9-8-20-4-2-3-5-23(20)21)27-22-10-6-18(7-11-22)16-19-12-14-26-15-13-19/h2-7,9-15,24,27H,8,16-17H2,1H3. The van der Waals surface area contributed by atoms with Crippen molar-refractivity contribution in [3.8, 4) is 0 Å². The van der Waals surface area contributed by atoms with E-state index in [9.17, 15) is 4.79 Å². The minimum atomic E-state index is -0.427. The van der Waals surface area contributed by atoms with Gasteiger partial charge in [-0.05, 0) is 64.9 Å². The molecule has 0 aliphatic heterocycles. The van der Waals surface area contributed by atoms with Crippen LogP contribution in [0.1, 0.15) is 28.7 Å². The fraction of sp³-hybridized carbons (Fsp3) is 0.200. The Balaban J connectivity index is 1.45. The fourth-order valence-corrected chi connectivity index (χ4v) is 3.76. The lowest BCUT2D eigenvalue weighted by molar-refractivity contribution is -0.141. The maximum Gasteiger partial charge on any atom is 0.328 e. The molecule has 0 bridgehead atoms. The first-order valence-corrected chi connectivity index (χ1v) is 9.82. The number of ether oxygens (including phenoxy) is 1. The van der Waals surface area contributed by atoms with E-state index >= 15 is 0 Å². The van der Waals surface area contributed by atoms with E-state index < -0.39 is 6.04 Å². The third kappa shape index (κ3) is 4.54. The van der Waals surface area contributed by atoms with Gasteiger partial charge in [0.1, 0.15) is 6.04 Å². The molecule has 3 aromatic rings. The summed E-state index contributed by atoms with van der Waals surface area (Å²) in [6, 6.07) is 20.2. The molecule has 0 radical (unpaired) electrons. The van der Waals surface area contributed by atoms with E-state index in [4.69, 9.17) is 4.74 Å². The Morgan fingerprint density at radius 2 is 1.76 bits per heavy atom. The van der Waals surface area contributed by atoms with Crippen LogP contribution in [0.2, 0.25) is 0 Å². The molecule has 1 N–H and O–H groups in total. The topological polar surface area (TPSA) is 51.2 Å². The molecule has 146 valence electrons. The molecule has 1 aliphatic carbocycles. The molecule has 0 fully saturated rings. The van der Waals surface area contributed by atoms with Gasteiger partial charge in [0.25, 0.3) is 0 Å². The molecule has 1 unspecified atom stereocenters. The molecule has 1 aliphatic rings. The van der Waals surface area contributed by atoms with Gasteiger partial charge in [-0.25, -0.2) is 4.79 Å². The number of carbonyl (C=O) groups excluding carboxylic acids is 1. The first-order chi connectivity index (χ1) is 14.2. The molecule has 0 spiro atoms. The van der Waals surface area contributed by atoms with Crippen molar-refractivity contribution in [3.05, 3.63) is 101 Å². The number of allylic oxidation sites excluding steroid dienone is 1. The number of benzene rings is 2. The Kier molecular flexibility index (Phi) is 5.71. The van der Waals surface area contributed by atoms with Gasteiger partial charge in [-0.2, -0.15) is 0 Å². The number of aromatic nitrogens is 1. The molecule has 4 nitrogen and oxygen atoms in total. The number of rotatable bonds is 7. The van der Waals surface area contributed by atoms with Gasteiger partial charge in [0.2, 0.25) is 0 Å². The molecule has 1 aromatic heterocycles. The second kappa shape index (κ2) is 8.74. The van der Waals surface area contributed by atoms with Crippen molar-refractivity contribution in [2.45, 2.75) is 25.3 Å². The van der Waals surface area contributed by atoms with Crippen molar-refractivity contribution in [2.24, 2.45) is 0 Å². The summed E-state index contributed by atoms with van der Waals surface area (Å²) in [4.78, 5) is 16.5. The number of anilines is 1. The van der Waals surface area contributed by atoms with Crippen LogP contribution in [0.15, 0.2) is 79.1 Å². The average Bonchev–Trinajstić information content (AvgIpc) is 3.18. The number of hydrogen-bond acceptors (Lipinski definition) is 4. The van der Waals surface area contributed by atoms with E-state index in [1.165, 1.54) is 34.9 Å². The molecule has 0 saturated carbocycles. The van der Waals surface area contributed by atoms with Crippen molar-refractivity contribution >= 4 is 17.2 Å². The summed E-state index contributed by atoms with van der Waals surface area (Å²) in [6.45, 7) is 0. The lowest BCUT2D eigenvalue weighted by atomic mass is 9.99. The van der Waals surface area contributed by atoms with Crippen LogP contribution in [-0.4, -0.2) is 24.1 Å². The summed E-state index contributed by atoms with van der Waals surface area (Å²) >= 11 is 0. The molecule has 1 heterocycles. The van der Waals surface area contributed by atoms with Gasteiger partial charge in [-0.1, -0.05) is 42.5 Å². The van der Waals surface area contributed by atoms with Crippen LogP contribution in [0.4, 0.5) is 5.69 Å². The lowest BCUT2D eigenvalue weighted by Gasteiger charge is -2.19. The summed E-state index contributed by atoms with van der Waals surface area (Å²) in [5.74, 6) is -0.254. The SMILES string of the molecule is COC(=O)C(CC1=CCc2ccccc21)Nc1ccc(Cc2ccncc2)cc1. The first-order valence-electron chi connectivity index (χ1n) is 9.82. The van der Waals surface area contributed by atoms with Crippen LogP contribution in [0.5, 0.6) is 0 Å². The van der Waals surface area contributed by atoms with Gasteiger partial charge in [0.15, 0.2) is 0 Å². The van der Waals surface area contributed by atoms with Gasteiger partial charge in [-0.15, -0.1) is 0 Å². The number of esters is 1. The van der Waals surface area contributed by atoms with Gasteiger partial charge in [0, 0.05) is 24.5 Å². The highest BCUT2D eigenvalue weighted by Crippen LogP contribution is 2.31. The number of nitrogens with one attached hydrogen (secondary N) is 1. The van der Waals surface area contributed by atoms with Crippen LogP contribution in [0.3, 0.4) is 0 Å². The van der Waals surface area contributed by atoms with Crippen molar-refractivity contribution in [3.63, 3.8) is 0 Å². The van der Waals surface area contributed by atoms with Crippen LogP contribution in [0, 0.1) is 0 Å². The summed E-state index contributed by atoms with van der Waals surface area (Å²) in [6.07, 6.45) is 8.20. The fourth-order valence-electron chi connectivity index (χ4n) is 3.76. The van der Waals surface area contributed by atoms with Crippen molar-refractivity contribution < 1.29 is 9.53 Å². The third-order valence-corrected chi connectivity index (χ3v) is 5.29. The number of hydrogen-bond donors (Lipinski definition) is 1. The highest BCUT2D eigenvalue weighted by atomic mass is 16.5. The monoisotopic (exact) mass is 384 g/mol. The summed E-state index contributed by atoms with van der Waals surface area (Å²) in [5, 5.41) is 3.35. The highest BCUT2D eigenvalue weighted by Gasteiger charge is 2.24. The summed E-state index contributed by atoms with van der Waals surface area (Å²) in [5.41, 5.74) is 7.08. The third-order valence-electron chi connectivity index (χ3n) is 5.29. The van der Waals surface area contributed by atoms with Crippen molar-refractivity contribution in [1.29, 1.82) is 0 Å². The summed E-state index contributed by atoms with van der Waals surface area (Å²) in [7, 11) is 1.44. The number of nitrogens with zero attached hydrogens (tertiary/aromatic N) is 1. The van der Waals surface area contributed by atoms with Crippen molar-refractivity contribution in [1.82, 2.24) is 4.98 Å². The second-order valence-electron chi connectivity index (χ2n) is 7.24. The number of fused-ring (bicyclic) bond motifs is 1. The Morgan fingerprint density at radius 3 is 2.52 bits per heavy atom. The molecule has 2 aromatic carbocycles. The second-order valence-corrected chi connectivity index (χ2v) is 7.24. The molecular formula is C25H24N2O2. The van der Waals surface area contributed by atoms with E-state index in [0.717, 1.165) is 18.5 Å². The molecule has 4 heteroatoms. The largest absolute Gasteiger partial charge is 0.467 e. The maximum atomic E-state index is 12.4. The predicted molar refractivity (Wildman–Crippen MR) is 116 cm³/mol. The van der Waals surface area contributed by atoms with Crippen LogP contribution in [-0.2, 0) is 22.4 Å². The Labute approximate surface area is 171 Å². The highest BCUT2D eigenvalue weighted by molar-refractivity contribution is 5.84. The quantitative estimate of drug-likeness (QED) is 0.602. The minimum Gasteiger partial charge on any atom is -0.467 e. The van der Waals surface area contributed by atoms with Crippen LogP contribution in [0.25, 0.3) is 5.57 Å². The van der Waals surface area contributed by atoms with Crippen LogP contribution < -0.4 is 5.32 Å². The smallest absolute Gasteiger partial charge is 0.328 e. The Morgan fingerprint density at radius 1 is 1.03 bits per heavy atom. The predicted octanol–water partition coefficient (Wildman–Crippen LogP) is 4.66. The van der Waals surface area contributed by atoms with Crippen LogP contribution >= 0.6 is 0 Å². The molecule has 0 amide bonds. The van der Waals surface area contributed by atoms with Gasteiger partial charge in [-0.3, -0.25) is 4.98 Å². The maximum absolute atomic E-state index is 12.4. The zero-order valence-electron chi connectivity index (χ0n) is 16.5. The van der Waals surface area contributed by atoms with E-state index in [2.05, 4.69) is 46.7 Å². The average molecular weight is 384 g/mol. The molecule has 0 saturated heterocycles. The van der Waals surface area contributed by atoms with E-state index in [1.807, 2.05) is 42.7 Å². The molecular weight excluding hydrogens is 360 g/mol. The molecule has 4 rings (SSSR count). The number of methoxy groups -OCH3 is 1.